The summed E-state index contributed by atoms with van der Waals surface area (Å²) in [6, 6.07) is 9.98. The molecule has 1 atom stereocenters. The third-order valence-electron chi connectivity index (χ3n) is 4.52. The van der Waals surface area contributed by atoms with E-state index in [4.69, 9.17) is 9.47 Å². The number of amides is 3. The minimum absolute atomic E-state index is 0.361. The molecule has 1 aliphatic heterocycles. The fourth-order valence-corrected chi connectivity index (χ4v) is 3.34. The van der Waals surface area contributed by atoms with Gasteiger partial charge in [0.25, 0.3) is 0 Å². The summed E-state index contributed by atoms with van der Waals surface area (Å²) < 4.78 is 24.4. The van der Waals surface area contributed by atoms with E-state index in [0.717, 1.165) is 5.56 Å². The number of anilines is 2. The molecule has 0 saturated carbocycles. The Kier molecular flexibility index (Phi) is 6.10. The van der Waals surface area contributed by atoms with E-state index < -0.39 is 23.3 Å². The van der Waals surface area contributed by atoms with E-state index in [0.29, 0.717) is 23.5 Å². The lowest BCUT2D eigenvalue weighted by molar-refractivity contribution is 0.0631. The lowest BCUT2D eigenvalue weighted by Crippen LogP contribution is -2.42. The molecule has 0 unspecified atom stereocenters. The summed E-state index contributed by atoms with van der Waals surface area (Å²) in [7, 11) is 0. The van der Waals surface area contributed by atoms with Crippen molar-refractivity contribution in [2.75, 3.05) is 10.6 Å². The molecule has 3 N–H and O–H groups in total. The highest BCUT2D eigenvalue weighted by Crippen LogP contribution is 2.40. The van der Waals surface area contributed by atoms with Gasteiger partial charge in [-0.15, -0.1) is 0 Å². The van der Waals surface area contributed by atoms with Crippen molar-refractivity contribution in [1.82, 2.24) is 5.32 Å². The van der Waals surface area contributed by atoms with Gasteiger partial charge in [0.15, 0.2) is 0 Å². The van der Waals surface area contributed by atoms with Crippen LogP contribution in [0.3, 0.4) is 0 Å². The van der Waals surface area contributed by atoms with Crippen molar-refractivity contribution in [1.29, 1.82) is 0 Å². The predicted octanol–water partition coefficient (Wildman–Crippen LogP) is 5.60. The summed E-state index contributed by atoms with van der Waals surface area (Å²) in [5.74, 6) is 0.245. The van der Waals surface area contributed by atoms with Crippen LogP contribution in [-0.4, -0.2) is 23.3 Å². The van der Waals surface area contributed by atoms with E-state index >= 15 is 0 Å². The van der Waals surface area contributed by atoms with Crippen molar-refractivity contribution >= 4 is 23.5 Å². The van der Waals surface area contributed by atoms with Gasteiger partial charge in [-0.1, -0.05) is 0 Å². The molecule has 0 fully saturated rings. The molecule has 2 aromatic rings. The molecule has 166 valence electrons. The number of rotatable bonds is 3. The van der Waals surface area contributed by atoms with Gasteiger partial charge in [-0.3, -0.25) is 5.32 Å². The second kappa shape index (κ2) is 8.45. The van der Waals surface area contributed by atoms with Gasteiger partial charge >= 0.3 is 12.1 Å². The molecule has 3 rings (SSSR count). The number of carbonyl (C=O) groups excluding carboxylic acids is 2. The first kappa shape index (κ1) is 22.4. The van der Waals surface area contributed by atoms with Gasteiger partial charge < -0.3 is 20.1 Å². The first-order valence-electron chi connectivity index (χ1n) is 10.1. The van der Waals surface area contributed by atoms with E-state index in [1.54, 1.807) is 39.0 Å². The van der Waals surface area contributed by atoms with E-state index in [1.165, 1.54) is 24.3 Å². The molecular weight excluding hydrogens is 401 g/mol. The Labute approximate surface area is 181 Å². The predicted molar refractivity (Wildman–Crippen MR) is 117 cm³/mol. The van der Waals surface area contributed by atoms with Crippen LogP contribution in [0.5, 0.6) is 5.75 Å². The number of nitrogens with one attached hydrogen (secondary N) is 3. The van der Waals surface area contributed by atoms with Gasteiger partial charge in [0.1, 0.15) is 22.8 Å². The lowest BCUT2D eigenvalue weighted by Gasteiger charge is -2.38. The van der Waals surface area contributed by atoms with Gasteiger partial charge in [-0.2, -0.15) is 0 Å². The number of urea groups is 1. The molecule has 0 spiro atoms. The second-order valence-corrected chi connectivity index (χ2v) is 9.10. The standard InChI is InChI=1S/C23H28FN3O4/c1-22(2,3)31-21(29)26-16-10-11-19-17(12-16)18(13-23(4,5)30-19)27-20(28)25-15-8-6-14(24)7-9-15/h6-12,18H,13H2,1-5H3,(H,26,29)(H2,25,27,28)/t18-/m1/s1. The molecule has 3 amide bonds. The van der Waals surface area contributed by atoms with Gasteiger partial charge in [0.2, 0.25) is 0 Å². The Morgan fingerprint density at radius 3 is 2.35 bits per heavy atom. The van der Waals surface area contributed by atoms with Gasteiger partial charge in [0.05, 0.1) is 6.04 Å². The zero-order chi connectivity index (χ0) is 22.8. The normalized spacial score (nSPS) is 17.0. The number of fused-ring (bicyclic) bond motifs is 1. The van der Waals surface area contributed by atoms with Crippen LogP contribution in [-0.2, 0) is 4.74 Å². The molecule has 1 aliphatic rings. The maximum Gasteiger partial charge on any atom is 0.412 e. The number of hydrogen-bond acceptors (Lipinski definition) is 4. The van der Waals surface area contributed by atoms with Gasteiger partial charge in [-0.05, 0) is 77.1 Å². The fraction of sp³-hybridized carbons (Fsp3) is 0.391. The van der Waals surface area contributed by atoms with Crippen molar-refractivity contribution in [2.24, 2.45) is 0 Å². The Balaban J connectivity index is 1.77. The third-order valence-corrected chi connectivity index (χ3v) is 4.52. The Morgan fingerprint density at radius 1 is 1.06 bits per heavy atom. The molecule has 7 nitrogen and oxygen atoms in total. The Morgan fingerprint density at radius 2 is 1.71 bits per heavy atom. The highest BCUT2D eigenvalue weighted by molar-refractivity contribution is 5.89. The van der Waals surface area contributed by atoms with Crippen LogP contribution in [0.15, 0.2) is 42.5 Å². The smallest absolute Gasteiger partial charge is 0.412 e. The van der Waals surface area contributed by atoms with Crippen molar-refractivity contribution in [3.63, 3.8) is 0 Å². The SMILES string of the molecule is CC(C)(C)OC(=O)Nc1ccc2c(c1)[C@H](NC(=O)Nc1ccc(F)cc1)CC(C)(C)O2. The summed E-state index contributed by atoms with van der Waals surface area (Å²) in [4.78, 5) is 24.7. The molecule has 0 aliphatic carbocycles. The molecule has 0 saturated heterocycles. The second-order valence-electron chi connectivity index (χ2n) is 9.10. The van der Waals surface area contributed by atoms with Crippen LogP contribution in [0.25, 0.3) is 0 Å². The van der Waals surface area contributed by atoms with Gasteiger partial charge in [0, 0.05) is 23.4 Å². The van der Waals surface area contributed by atoms with Crippen molar-refractivity contribution < 1.29 is 23.5 Å². The van der Waals surface area contributed by atoms with Crippen LogP contribution < -0.4 is 20.7 Å². The quantitative estimate of drug-likeness (QED) is 0.593. The number of carbonyl (C=O) groups is 2. The number of halogens is 1. The van der Waals surface area contributed by atoms with E-state index in [2.05, 4.69) is 16.0 Å². The highest BCUT2D eigenvalue weighted by atomic mass is 19.1. The number of ether oxygens (including phenoxy) is 2. The number of benzene rings is 2. The first-order valence-corrected chi connectivity index (χ1v) is 10.1. The average Bonchev–Trinajstić information content (AvgIpc) is 2.62. The largest absolute Gasteiger partial charge is 0.487 e. The highest BCUT2D eigenvalue weighted by Gasteiger charge is 2.35. The summed E-state index contributed by atoms with van der Waals surface area (Å²) in [6.07, 6.45) is -0.0460. The third kappa shape index (κ3) is 6.34. The maximum atomic E-state index is 13.1. The van der Waals surface area contributed by atoms with Crippen molar-refractivity contribution in [3.8, 4) is 5.75 Å². The van der Waals surface area contributed by atoms with E-state index in [9.17, 15) is 14.0 Å². The minimum atomic E-state index is -0.617. The first-order chi connectivity index (χ1) is 14.4. The van der Waals surface area contributed by atoms with Crippen LogP contribution in [0.2, 0.25) is 0 Å². The van der Waals surface area contributed by atoms with Crippen LogP contribution in [0, 0.1) is 5.82 Å². The molecule has 8 heteroatoms. The number of hydrogen-bond donors (Lipinski definition) is 3. The molecule has 31 heavy (non-hydrogen) atoms. The van der Waals surface area contributed by atoms with Gasteiger partial charge in [-0.25, -0.2) is 14.0 Å². The minimum Gasteiger partial charge on any atom is -0.487 e. The maximum absolute atomic E-state index is 13.1. The van der Waals surface area contributed by atoms with Crippen LogP contribution in [0.4, 0.5) is 25.4 Å². The summed E-state index contributed by atoms with van der Waals surface area (Å²) in [5.41, 5.74) is 0.629. The van der Waals surface area contributed by atoms with E-state index in [1.807, 2.05) is 13.8 Å². The fourth-order valence-electron chi connectivity index (χ4n) is 3.34. The molecular formula is C23H28FN3O4. The van der Waals surface area contributed by atoms with Crippen molar-refractivity contribution in [3.05, 3.63) is 53.8 Å². The Hall–Kier alpha value is -3.29. The summed E-state index contributed by atoms with van der Waals surface area (Å²) in [5, 5.41) is 8.35. The van der Waals surface area contributed by atoms with Crippen molar-refractivity contribution in [2.45, 2.75) is 58.3 Å². The molecule has 0 radical (unpaired) electrons. The monoisotopic (exact) mass is 429 g/mol. The zero-order valence-electron chi connectivity index (χ0n) is 18.3. The topological polar surface area (TPSA) is 88.7 Å². The molecule has 0 bridgehead atoms. The molecule has 1 heterocycles. The van der Waals surface area contributed by atoms with Crippen LogP contribution in [0.1, 0.15) is 52.6 Å². The molecule has 2 aromatic carbocycles. The summed E-state index contributed by atoms with van der Waals surface area (Å²) >= 11 is 0. The summed E-state index contributed by atoms with van der Waals surface area (Å²) in [6.45, 7) is 9.24. The lowest BCUT2D eigenvalue weighted by atomic mass is 9.89. The average molecular weight is 429 g/mol. The Bertz CT molecular complexity index is 968. The molecule has 0 aromatic heterocycles. The van der Waals surface area contributed by atoms with Crippen LogP contribution >= 0.6 is 0 Å². The van der Waals surface area contributed by atoms with E-state index in [-0.39, 0.29) is 11.9 Å². The zero-order valence-corrected chi connectivity index (χ0v) is 18.3.